The first kappa shape index (κ1) is 12.7. The average molecular weight is 350 g/mol. The van der Waals surface area contributed by atoms with E-state index in [4.69, 9.17) is 4.74 Å². The molecule has 72 valence electrons. The molecule has 0 aromatic carbocycles. The van der Waals surface area contributed by atoms with Crippen molar-refractivity contribution in [2.24, 2.45) is 0 Å². The number of Topliss-reactive ketones (excluding diaryl/α,β-unsaturated/α-hetero) is 1. The van der Waals surface area contributed by atoms with Gasteiger partial charge in [-0.05, 0) is 0 Å². The van der Waals surface area contributed by atoms with Gasteiger partial charge in [-0.2, -0.15) is 0 Å². The number of carbonyl (C=O) groups excluding carboxylic acids is 1. The molecule has 0 spiro atoms. The first-order valence-corrected chi connectivity index (χ1v) is 5.43. The van der Waals surface area contributed by atoms with E-state index in [0.717, 1.165) is 15.2 Å². The number of carbonyl (C=O) groups is 1. The van der Waals surface area contributed by atoms with Crippen LogP contribution < -0.4 is 0 Å². The third kappa shape index (κ3) is 4.44. The maximum absolute atomic E-state index is 11.1. The van der Waals surface area contributed by atoms with Gasteiger partial charge >= 0.3 is 89.9 Å². The van der Waals surface area contributed by atoms with Crippen molar-refractivity contribution >= 4 is 9.87 Å². The Morgan fingerprint density at radius 1 is 1.38 bits per heavy atom. The molecule has 0 amide bonds. The van der Waals surface area contributed by atoms with E-state index in [1.165, 1.54) is 19.4 Å². The second kappa shape index (κ2) is 6.17. The summed E-state index contributed by atoms with van der Waals surface area (Å²) in [5, 5.41) is 0. The van der Waals surface area contributed by atoms with E-state index in [0.29, 0.717) is 0 Å². The Hall–Kier alpha value is -0.332. The van der Waals surface area contributed by atoms with Crippen molar-refractivity contribution in [2.45, 2.75) is 20.8 Å². The molecule has 0 unspecified atom stereocenters. The number of ether oxygens (including phenoxy) is 1. The summed E-state index contributed by atoms with van der Waals surface area (Å²) < 4.78 is 6.00. The molecule has 13 heavy (non-hydrogen) atoms. The van der Waals surface area contributed by atoms with Crippen molar-refractivity contribution < 1.29 is 28.9 Å². The van der Waals surface area contributed by atoms with Crippen molar-refractivity contribution in [2.75, 3.05) is 7.11 Å². The van der Waals surface area contributed by atoms with Crippen LogP contribution in [-0.2, 0) is 28.9 Å². The second-order valence-electron chi connectivity index (χ2n) is 2.62. The van der Waals surface area contributed by atoms with Crippen LogP contribution in [0.25, 0.3) is 0 Å². The molecule has 0 saturated heterocycles. The summed E-state index contributed by atoms with van der Waals surface area (Å²) in [7, 11) is 1.64. The Bertz CT molecular complexity index is 275. The van der Waals surface area contributed by atoms with Gasteiger partial charge in [-0.25, -0.2) is 0 Å². The molecular weight excluding hydrogens is 336 g/mol. The van der Waals surface area contributed by atoms with E-state index in [-0.39, 0.29) is 5.78 Å². The fourth-order valence-corrected chi connectivity index (χ4v) is 1.05. The zero-order chi connectivity index (χ0) is 10.4. The van der Waals surface area contributed by atoms with E-state index in [1.807, 2.05) is 26.0 Å². The topological polar surface area (TPSA) is 26.3 Å². The third-order valence-electron chi connectivity index (χ3n) is 1.60. The summed E-state index contributed by atoms with van der Waals surface area (Å²) in [5.74, 6) is 0.0840. The van der Waals surface area contributed by atoms with Crippen LogP contribution in [0.1, 0.15) is 20.8 Å². The van der Waals surface area contributed by atoms with Crippen molar-refractivity contribution in [3.63, 3.8) is 0 Å². The van der Waals surface area contributed by atoms with E-state index in [2.05, 4.69) is 0 Å². The molecular formula is C10H14O2W. The first-order valence-electron chi connectivity index (χ1n) is 3.96. The van der Waals surface area contributed by atoms with Gasteiger partial charge in [0.2, 0.25) is 0 Å². The molecule has 0 atom stereocenters. The average Bonchev–Trinajstić information content (AvgIpc) is 2.11. The SMILES string of the molecule is C/C=C(\C=C(/C)[C](=[W])OC)C(C)=O. The molecule has 2 nitrogen and oxygen atoms in total. The normalized spacial score (nSPS) is 12.9. The molecule has 0 aliphatic rings. The molecule has 3 heteroatoms. The Morgan fingerprint density at radius 2 is 1.92 bits per heavy atom. The summed E-state index contributed by atoms with van der Waals surface area (Å²) >= 11 is 1.27. The van der Waals surface area contributed by atoms with Crippen LogP contribution in [0.3, 0.4) is 0 Å². The number of methoxy groups -OCH3 is 1. The van der Waals surface area contributed by atoms with Crippen LogP contribution in [0.5, 0.6) is 0 Å². The monoisotopic (exact) mass is 350 g/mol. The summed E-state index contributed by atoms with van der Waals surface area (Å²) in [6.45, 7) is 5.36. The molecule has 0 radical (unpaired) electrons. The fourth-order valence-electron chi connectivity index (χ4n) is 0.841. The number of hydrogen-bond donors (Lipinski definition) is 0. The molecule has 0 saturated carbocycles. The standard InChI is InChI=1S/C10H14O2.W/c1-5-10(9(3)11)6-8(2)7-12-4;/h5-6H,1-4H3;/b8-6+,10-5+;. The maximum atomic E-state index is 11.1. The Balaban J connectivity index is 4.73. The molecule has 0 heterocycles. The molecule has 0 aliphatic heterocycles. The molecule has 0 aromatic heterocycles. The van der Waals surface area contributed by atoms with Gasteiger partial charge in [0.1, 0.15) is 0 Å². The van der Waals surface area contributed by atoms with Crippen molar-refractivity contribution in [1.82, 2.24) is 0 Å². The van der Waals surface area contributed by atoms with Crippen LogP contribution >= 0.6 is 0 Å². The molecule has 0 aliphatic carbocycles. The van der Waals surface area contributed by atoms with Crippen molar-refractivity contribution in [3.05, 3.63) is 23.3 Å². The summed E-state index contributed by atoms with van der Waals surface area (Å²) in [4.78, 5) is 11.1. The minimum atomic E-state index is 0.0840. The minimum absolute atomic E-state index is 0.0840. The van der Waals surface area contributed by atoms with Gasteiger partial charge in [-0.3, -0.25) is 0 Å². The van der Waals surface area contributed by atoms with Crippen LogP contribution in [0.15, 0.2) is 23.3 Å². The quantitative estimate of drug-likeness (QED) is 0.571. The molecule has 0 aromatic rings. The third-order valence-corrected chi connectivity index (χ3v) is 3.35. The molecule has 0 fully saturated rings. The van der Waals surface area contributed by atoms with Crippen molar-refractivity contribution in [3.8, 4) is 0 Å². The number of hydrogen-bond acceptors (Lipinski definition) is 2. The molecule has 0 N–H and O–H groups in total. The van der Waals surface area contributed by atoms with Crippen LogP contribution in [0, 0.1) is 0 Å². The predicted molar refractivity (Wildman–Crippen MR) is 50.2 cm³/mol. The number of allylic oxidation sites excluding steroid dienone is 3. The summed E-state index contributed by atoms with van der Waals surface area (Å²) in [6, 6.07) is 0. The van der Waals surface area contributed by atoms with E-state index in [1.54, 1.807) is 14.0 Å². The zero-order valence-corrected chi connectivity index (χ0v) is 11.3. The Kier molecular flexibility index (Phi) is 6.01. The van der Waals surface area contributed by atoms with Gasteiger partial charge in [0.05, 0.1) is 0 Å². The van der Waals surface area contributed by atoms with E-state index in [9.17, 15) is 4.79 Å². The van der Waals surface area contributed by atoms with Gasteiger partial charge in [0, 0.05) is 0 Å². The van der Waals surface area contributed by atoms with Gasteiger partial charge in [-0.15, -0.1) is 0 Å². The van der Waals surface area contributed by atoms with E-state index >= 15 is 0 Å². The fraction of sp³-hybridized carbons (Fsp3) is 0.400. The van der Waals surface area contributed by atoms with E-state index < -0.39 is 0 Å². The predicted octanol–water partition coefficient (Wildman–Crippen LogP) is 1.79. The van der Waals surface area contributed by atoms with Gasteiger partial charge in [0.15, 0.2) is 0 Å². The van der Waals surface area contributed by atoms with Crippen LogP contribution in [0.4, 0.5) is 0 Å². The van der Waals surface area contributed by atoms with Gasteiger partial charge in [0.25, 0.3) is 0 Å². The Labute approximate surface area is 90.1 Å². The summed E-state index contributed by atoms with van der Waals surface area (Å²) in [6.07, 6.45) is 3.66. The zero-order valence-electron chi connectivity index (χ0n) is 8.38. The Morgan fingerprint density at radius 3 is 2.23 bits per heavy atom. The first-order chi connectivity index (χ1) is 6.02. The van der Waals surface area contributed by atoms with Crippen molar-refractivity contribution in [1.29, 1.82) is 0 Å². The van der Waals surface area contributed by atoms with Crippen LogP contribution in [-0.4, -0.2) is 17.0 Å². The number of ketones is 1. The molecule has 0 bridgehead atoms. The van der Waals surface area contributed by atoms with Crippen LogP contribution in [0.2, 0.25) is 0 Å². The summed E-state index contributed by atoms with van der Waals surface area (Å²) in [5.41, 5.74) is 1.74. The second-order valence-corrected chi connectivity index (χ2v) is 3.95. The van der Waals surface area contributed by atoms with Gasteiger partial charge < -0.3 is 0 Å². The number of rotatable bonds is 4. The molecule has 0 rings (SSSR count). The van der Waals surface area contributed by atoms with Gasteiger partial charge in [-0.1, -0.05) is 0 Å².